The second-order valence-corrected chi connectivity index (χ2v) is 6.88. The predicted octanol–water partition coefficient (Wildman–Crippen LogP) is 3.29. The van der Waals surface area contributed by atoms with Gasteiger partial charge in [-0.1, -0.05) is 66.7 Å². The molecule has 0 unspecified atom stereocenters. The van der Waals surface area contributed by atoms with Crippen LogP contribution in [0, 0.1) is 5.92 Å². The third kappa shape index (κ3) is 4.25. The highest BCUT2D eigenvalue weighted by Crippen LogP contribution is 2.33. The first kappa shape index (κ1) is 17.6. The number of carbonyl (C=O) groups excluding carboxylic acids is 1. The molecule has 0 aliphatic heterocycles. The summed E-state index contributed by atoms with van der Waals surface area (Å²) in [5.74, 6) is -0.315. The highest BCUT2D eigenvalue weighted by atomic mass is 16.3. The molecule has 0 saturated heterocycles. The molecule has 0 amide bonds. The van der Waals surface area contributed by atoms with Crippen LogP contribution in [0.4, 0.5) is 0 Å². The fraction of sp³-hybridized carbons (Fsp3) is 0.318. The van der Waals surface area contributed by atoms with Crippen molar-refractivity contribution in [2.24, 2.45) is 5.92 Å². The molecule has 0 saturated carbocycles. The van der Waals surface area contributed by atoms with E-state index in [0.717, 1.165) is 18.5 Å². The average molecular weight is 335 g/mol. The van der Waals surface area contributed by atoms with Crippen LogP contribution in [0.5, 0.6) is 0 Å². The van der Waals surface area contributed by atoms with Gasteiger partial charge < -0.3 is 10.4 Å². The van der Waals surface area contributed by atoms with E-state index in [9.17, 15) is 9.90 Å². The maximum absolute atomic E-state index is 12.5. The Kier molecular flexibility index (Phi) is 5.47. The minimum Gasteiger partial charge on any atom is -0.381 e. The molecule has 3 heteroatoms. The fourth-order valence-electron chi connectivity index (χ4n) is 3.32. The quantitative estimate of drug-likeness (QED) is 0.816. The van der Waals surface area contributed by atoms with Crippen LogP contribution in [0.2, 0.25) is 0 Å². The van der Waals surface area contributed by atoms with Gasteiger partial charge >= 0.3 is 0 Å². The third-order valence-electron chi connectivity index (χ3n) is 4.94. The van der Waals surface area contributed by atoms with Gasteiger partial charge in [0.15, 0.2) is 5.78 Å². The van der Waals surface area contributed by atoms with E-state index < -0.39 is 5.60 Å². The lowest BCUT2D eigenvalue weighted by molar-refractivity contribution is -0.133. The molecule has 1 aliphatic rings. The molecule has 3 nitrogen and oxygen atoms in total. The lowest BCUT2D eigenvalue weighted by atomic mass is 9.90. The van der Waals surface area contributed by atoms with Crippen LogP contribution in [-0.2, 0) is 17.8 Å². The molecule has 0 radical (unpaired) electrons. The number of hydrogen-bond acceptors (Lipinski definition) is 3. The molecule has 0 heterocycles. The molecule has 3 rings (SSSR count). The Balaban J connectivity index is 1.58. The Morgan fingerprint density at radius 3 is 2.20 bits per heavy atom. The number of aryl methyl sites for hydroxylation is 1. The van der Waals surface area contributed by atoms with Crippen LogP contribution in [0.3, 0.4) is 0 Å². The van der Waals surface area contributed by atoms with Gasteiger partial charge in [0.2, 0.25) is 0 Å². The predicted molar refractivity (Wildman–Crippen MR) is 100 cm³/mol. The topological polar surface area (TPSA) is 49.3 Å². The van der Waals surface area contributed by atoms with Crippen molar-refractivity contribution < 1.29 is 9.90 Å². The first-order valence-electron chi connectivity index (χ1n) is 8.84. The van der Waals surface area contributed by atoms with Crippen LogP contribution in [0.25, 0.3) is 0 Å². The van der Waals surface area contributed by atoms with Crippen LogP contribution >= 0.6 is 0 Å². The molecule has 0 fully saturated rings. The molecule has 2 aromatic carbocycles. The van der Waals surface area contributed by atoms with Gasteiger partial charge in [-0.25, -0.2) is 0 Å². The van der Waals surface area contributed by atoms with Gasteiger partial charge in [0, 0.05) is 19.0 Å². The smallest absolute Gasteiger partial charge is 0.190 e. The standard InChI is InChI=1S/C22H25NO2/c1-22(25)20(16-23-15-18-10-6-3-7-11-18)14-19(21(22)24)13-12-17-8-4-2-5-9-17/h2-11,14,20,23,25H,12-13,15-16H2,1H3/t20-,22-/m0/s1. The summed E-state index contributed by atoms with van der Waals surface area (Å²) in [5.41, 5.74) is 1.84. The first-order valence-corrected chi connectivity index (χ1v) is 8.84. The Hall–Kier alpha value is -2.23. The van der Waals surface area contributed by atoms with E-state index in [2.05, 4.69) is 29.6 Å². The Morgan fingerprint density at radius 1 is 0.960 bits per heavy atom. The lowest BCUT2D eigenvalue weighted by Crippen LogP contribution is -2.42. The summed E-state index contributed by atoms with van der Waals surface area (Å²) in [6.45, 7) is 2.95. The van der Waals surface area contributed by atoms with Crippen molar-refractivity contribution in [2.45, 2.75) is 31.9 Å². The number of benzene rings is 2. The molecule has 2 atom stereocenters. The second kappa shape index (κ2) is 7.77. The van der Waals surface area contributed by atoms with Crippen molar-refractivity contribution in [3.8, 4) is 0 Å². The number of carbonyl (C=O) groups is 1. The zero-order valence-electron chi connectivity index (χ0n) is 14.6. The normalized spacial score (nSPS) is 22.9. The highest BCUT2D eigenvalue weighted by molar-refractivity contribution is 6.04. The lowest BCUT2D eigenvalue weighted by Gasteiger charge is -2.24. The van der Waals surface area contributed by atoms with Crippen LogP contribution < -0.4 is 5.32 Å². The average Bonchev–Trinajstić information content (AvgIpc) is 2.85. The largest absolute Gasteiger partial charge is 0.381 e. The van der Waals surface area contributed by atoms with Gasteiger partial charge in [-0.15, -0.1) is 0 Å². The van der Waals surface area contributed by atoms with Crippen LogP contribution in [0.1, 0.15) is 24.5 Å². The minimum absolute atomic E-state index is 0.130. The summed E-state index contributed by atoms with van der Waals surface area (Å²) in [5, 5.41) is 14.0. The van der Waals surface area contributed by atoms with Gasteiger partial charge in [-0.2, -0.15) is 0 Å². The van der Waals surface area contributed by atoms with Crippen LogP contribution in [0.15, 0.2) is 72.3 Å². The molecule has 25 heavy (non-hydrogen) atoms. The number of hydrogen-bond donors (Lipinski definition) is 2. The number of Topliss-reactive ketones (excluding diaryl/α,β-unsaturated/α-hetero) is 1. The molecule has 2 N–H and O–H groups in total. The number of nitrogens with one attached hydrogen (secondary N) is 1. The highest BCUT2D eigenvalue weighted by Gasteiger charge is 2.44. The molecular formula is C22H25NO2. The van der Waals surface area contributed by atoms with Gasteiger partial charge in [0.1, 0.15) is 5.60 Å². The van der Waals surface area contributed by atoms with E-state index in [1.807, 2.05) is 42.5 Å². The molecule has 130 valence electrons. The third-order valence-corrected chi connectivity index (χ3v) is 4.94. The van der Waals surface area contributed by atoms with Crippen molar-refractivity contribution in [3.05, 3.63) is 83.4 Å². The van der Waals surface area contributed by atoms with E-state index in [1.165, 1.54) is 11.1 Å². The Morgan fingerprint density at radius 2 is 1.56 bits per heavy atom. The number of ketones is 1. The molecule has 2 aromatic rings. The number of aliphatic hydroxyl groups is 1. The van der Waals surface area contributed by atoms with E-state index >= 15 is 0 Å². The maximum Gasteiger partial charge on any atom is 0.190 e. The summed E-state index contributed by atoms with van der Waals surface area (Å²) < 4.78 is 0. The monoisotopic (exact) mass is 335 g/mol. The Bertz CT molecular complexity index is 735. The van der Waals surface area contributed by atoms with E-state index in [4.69, 9.17) is 0 Å². The summed E-state index contributed by atoms with van der Waals surface area (Å²) in [6, 6.07) is 20.3. The molecular weight excluding hydrogens is 310 g/mol. The first-order chi connectivity index (χ1) is 12.1. The fourth-order valence-corrected chi connectivity index (χ4v) is 3.32. The zero-order valence-corrected chi connectivity index (χ0v) is 14.6. The van der Waals surface area contributed by atoms with Gasteiger partial charge in [0.25, 0.3) is 0 Å². The number of rotatable bonds is 7. The van der Waals surface area contributed by atoms with Crippen LogP contribution in [-0.4, -0.2) is 23.0 Å². The summed E-state index contributed by atoms with van der Waals surface area (Å²) >= 11 is 0. The van der Waals surface area contributed by atoms with E-state index in [-0.39, 0.29) is 11.7 Å². The molecule has 0 spiro atoms. The molecule has 0 aromatic heterocycles. The Labute approximate surface area is 149 Å². The van der Waals surface area contributed by atoms with Gasteiger partial charge in [-0.3, -0.25) is 4.79 Å². The van der Waals surface area contributed by atoms with Gasteiger partial charge in [-0.05, 0) is 36.5 Å². The van der Waals surface area contributed by atoms with Crippen molar-refractivity contribution in [1.82, 2.24) is 5.32 Å². The van der Waals surface area contributed by atoms with Crippen molar-refractivity contribution >= 4 is 5.78 Å². The summed E-state index contributed by atoms with van der Waals surface area (Å²) in [4.78, 5) is 12.5. The van der Waals surface area contributed by atoms with Gasteiger partial charge in [0.05, 0.1) is 0 Å². The van der Waals surface area contributed by atoms with E-state index in [0.29, 0.717) is 13.0 Å². The molecule has 1 aliphatic carbocycles. The molecule has 0 bridgehead atoms. The zero-order chi connectivity index (χ0) is 17.7. The summed E-state index contributed by atoms with van der Waals surface area (Å²) in [6.07, 6.45) is 3.45. The van der Waals surface area contributed by atoms with Crippen molar-refractivity contribution in [1.29, 1.82) is 0 Å². The van der Waals surface area contributed by atoms with Crippen molar-refractivity contribution in [3.63, 3.8) is 0 Å². The maximum atomic E-state index is 12.5. The van der Waals surface area contributed by atoms with E-state index in [1.54, 1.807) is 6.92 Å². The second-order valence-electron chi connectivity index (χ2n) is 6.88. The SMILES string of the molecule is C[C@@]1(O)C(=O)C(CCc2ccccc2)=C[C@H]1CNCc1ccccc1. The minimum atomic E-state index is -1.31. The van der Waals surface area contributed by atoms with Crippen molar-refractivity contribution in [2.75, 3.05) is 6.54 Å². The summed E-state index contributed by atoms with van der Waals surface area (Å²) in [7, 11) is 0.